The molecule has 2 saturated carbocycles. The van der Waals surface area contributed by atoms with Gasteiger partial charge in [0.2, 0.25) is 5.91 Å². The molecule has 0 N–H and O–H groups in total. The number of aromatic nitrogens is 2. The maximum Gasteiger partial charge on any atom is 0.416 e. The number of benzene rings is 1. The lowest BCUT2D eigenvalue weighted by Crippen LogP contribution is -2.40. The number of amides is 1. The number of carbonyl (C=O) groups excluding carboxylic acids is 2. The summed E-state index contributed by atoms with van der Waals surface area (Å²) in [5.41, 5.74) is 2.98. The first-order chi connectivity index (χ1) is 16.6. The van der Waals surface area contributed by atoms with Gasteiger partial charge < -0.3 is 9.64 Å². The molecule has 2 aromatic rings. The van der Waals surface area contributed by atoms with Crippen LogP contribution in [0.1, 0.15) is 82.9 Å². The van der Waals surface area contributed by atoms with Crippen molar-refractivity contribution in [3.05, 3.63) is 51.8 Å². The van der Waals surface area contributed by atoms with Gasteiger partial charge in [0.05, 0.1) is 12.2 Å². The van der Waals surface area contributed by atoms with Crippen molar-refractivity contribution in [2.75, 3.05) is 19.7 Å². The highest BCUT2D eigenvalue weighted by Crippen LogP contribution is 2.96. The first-order valence-corrected chi connectivity index (χ1v) is 12.3. The van der Waals surface area contributed by atoms with Crippen molar-refractivity contribution in [2.45, 2.75) is 64.1 Å². The fraction of sp³-hybridized carbons (Fsp3) is 0.577. The first-order valence-electron chi connectivity index (χ1n) is 12.3. The zero-order chi connectivity index (χ0) is 24.9. The molecule has 2 bridgehead atoms. The number of rotatable bonds is 5. The molecule has 4 atom stereocenters. The van der Waals surface area contributed by atoms with Gasteiger partial charge in [-0.3, -0.25) is 9.48 Å². The fourth-order valence-corrected chi connectivity index (χ4v) is 7.02. The lowest BCUT2D eigenvalue weighted by atomic mass is 9.85. The number of hydrogen-bond donors (Lipinski definition) is 0. The summed E-state index contributed by atoms with van der Waals surface area (Å²) in [5.74, 6) is 0.785. The van der Waals surface area contributed by atoms with E-state index in [1.54, 1.807) is 22.6 Å². The Hall–Kier alpha value is -2.84. The predicted octanol–water partition coefficient (Wildman–Crippen LogP) is 4.62. The van der Waals surface area contributed by atoms with Gasteiger partial charge in [-0.2, -0.15) is 18.3 Å². The number of ether oxygens (including phenoxy) is 1. The summed E-state index contributed by atoms with van der Waals surface area (Å²) in [5, 5.41) is 4.51. The number of likely N-dealkylation sites (tertiary alicyclic amines) is 1. The van der Waals surface area contributed by atoms with E-state index >= 15 is 0 Å². The van der Waals surface area contributed by atoms with Crippen LogP contribution in [0, 0.1) is 18.3 Å². The summed E-state index contributed by atoms with van der Waals surface area (Å²) in [6.45, 7) is 6.84. The summed E-state index contributed by atoms with van der Waals surface area (Å²) in [6, 6.07) is 4.36. The minimum atomic E-state index is -4.37. The Bertz CT molecular complexity index is 1240. The second kappa shape index (κ2) is 7.34. The Labute approximate surface area is 201 Å². The highest BCUT2D eigenvalue weighted by molar-refractivity contribution is 5.92. The minimum Gasteiger partial charge on any atom is -0.461 e. The van der Waals surface area contributed by atoms with E-state index in [9.17, 15) is 22.8 Å². The van der Waals surface area contributed by atoms with Gasteiger partial charge in [0, 0.05) is 30.3 Å². The molecule has 9 heteroatoms. The molecule has 35 heavy (non-hydrogen) atoms. The van der Waals surface area contributed by atoms with Gasteiger partial charge in [-0.25, -0.2) is 4.79 Å². The number of hydrogen-bond acceptors (Lipinski definition) is 4. The number of nitrogens with zero attached hydrogens (tertiary/aromatic N) is 3. The molecular formula is C26H28F3N3O3. The first kappa shape index (κ1) is 22.6. The standard InChI is InChI=1S/C26H28F3N3O3/c1-4-35-24(34)22-18-19-20-21(25(19,20)3)23(18)32(30-22)12-17(33)31-10-8-14(9-11-31)15-6-5-7-16(13(15)2)26(27,28)29/h5-7,14,19-21H,4,8-12H2,1-3H3/t19-,20-,21?,25-/m0/s1. The van der Waals surface area contributed by atoms with Gasteiger partial charge >= 0.3 is 12.1 Å². The van der Waals surface area contributed by atoms with Crippen LogP contribution in [0.2, 0.25) is 0 Å². The molecule has 1 aromatic carbocycles. The van der Waals surface area contributed by atoms with Crippen LogP contribution in [0.4, 0.5) is 13.2 Å². The van der Waals surface area contributed by atoms with E-state index in [-0.39, 0.29) is 36.0 Å². The third-order valence-corrected chi connectivity index (χ3v) is 8.92. The maximum atomic E-state index is 13.3. The number of carbonyl (C=O) groups is 2. The summed E-state index contributed by atoms with van der Waals surface area (Å²) in [6.07, 6.45) is -3.14. The van der Waals surface area contributed by atoms with Crippen molar-refractivity contribution < 1.29 is 27.5 Å². The average Bonchev–Trinajstić information content (AvgIpc) is 3.35. The monoisotopic (exact) mass is 487 g/mol. The van der Waals surface area contributed by atoms with Crippen LogP contribution >= 0.6 is 0 Å². The SMILES string of the molecule is CCOC(=O)c1nn(CC(=O)N2CCC(c3cccc(C(F)(F)F)c3C)CC2)c2c1[C@H]1[C@H]3C2[C@]31C. The fourth-order valence-electron chi connectivity index (χ4n) is 7.02. The predicted molar refractivity (Wildman–Crippen MR) is 120 cm³/mol. The Kier molecular flexibility index (Phi) is 4.74. The molecule has 0 spiro atoms. The van der Waals surface area contributed by atoms with Crippen LogP contribution in [0.3, 0.4) is 0 Å². The Morgan fingerprint density at radius 1 is 1.20 bits per heavy atom. The van der Waals surface area contributed by atoms with Crippen molar-refractivity contribution in [3.8, 4) is 0 Å². The third kappa shape index (κ3) is 3.12. The molecule has 2 heterocycles. The molecule has 1 saturated heterocycles. The van der Waals surface area contributed by atoms with E-state index in [2.05, 4.69) is 12.0 Å². The number of halogens is 3. The molecule has 7 rings (SSSR count). The zero-order valence-corrected chi connectivity index (χ0v) is 20.0. The summed E-state index contributed by atoms with van der Waals surface area (Å²) in [7, 11) is 0. The molecular weight excluding hydrogens is 459 g/mol. The van der Waals surface area contributed by atoms with Crippen molar-refractivity contribution in [1.29, 1.82) is 0 Å². The van der Waals surface area contributed by atoms with Crippen molar-refractivity contribution in [1.82, 2.24) is 14.7 Å². The Morgan fingerprint density at radius 2 is 1.89 bits per heavy atom. The van der Waals surface area contributed by atoms with Gasteiger partial charge in [-0.1, -0.05) is 19.1 Å². The second-order valence-electron chi connectivity index (χ2n) is 10.5. The van der Waals surface area contributed by atoms with Crippen molar-refractivity contribution in [2.24, 2.45) is 11.3 Å². The normalized spacial score (nSPS) is 28.5. The van der Waals surface area contributed by atoms with Crippen LogP contribution in [-0.2, 0) is 22.3 Å². The largest absolute Gasteiger partial charge is 0.461 e. The quantitative estimate of drug-likeness (QED) is 0.578. The third-order valence-electron chi connectivity index (χ3n) is 8.92. The van der Waals surface area contributed by atoms with E-state index in [0.717, 1.165) is 17.3 Å². The molecule has 6 nitrogen and oxygen atoms in total. The van der Waals surface area contributed by atoms with Crippen molar-refractivity contribution in [3.63, 3.8) is 0 Å². The van der Waals surface area contributed by atoms with Crippen LogP contribution < -0.4 is 0 Å². The summed E-state index contributed by atoms with van der Waals surface area (Å²) >= 11 is 0. The second-order valence-corrected chi connectivity index (χ2v) is 10.5. The zero-order valence-electron chi connectivity index (χ0n) is 20.0. The molecule has 1 aromatic heterocycles. The molecule has 186 valence electrons. The molecule has 4 aliphatic carbocycles. The maximum absolute atomic E-state index is 13.3. The molecule has 1 amide bonds. The average molecular weight is 488 g/mol. The highest BCUT2D eigenvalue weighted by atomic mass is 19.4. The molecule has 0 radical (unpaired) electrons. The van der Waals surface area contributed by atoms with Crippen LogP contribution in [0.5, 0.6) is 0 Å². The lowest BCUT2D eigenvalue weighted by Gasteiger charge is -2.33. The van der Waals surface area contributed by atoms with E-state index in [1.165, 1.54) is 13.0 Å². The molecule has 3 fully saturated rings. The molecule has 1 aliphatic heterocycles. The topological polar surface area (TPSA) is 64.4 Å². The van der Waals surface area contributed by atoms with Crippen LogP contribution in [0.25, 0.3) is 0 Å². The summed E-state index contributed by atoms with van der Waals surface area (Å²) < 4.78 is 46.9. The van der Waals surface area contributed by atoms with E-state index in [1.807, 2.05) is 0 Å². The smallest absolute Gasteiger partial charge is 0.416 e. The van der Waals surface area contributed by atoms with E-state index in [0.29, 0.717) is 54.9 Å². The highest BCUT2D eigenvalue weighted by Gasteiger charge is 2.90. The van der Waals surface area contributed by atoms with Gasteiger partial charge in [0.25, 0.3) is 0 Å². The summed E-state index contributed by atoms with van der Waals surface area (Å²) in [4.78, 5) is 27.4. The van der Waals surface area contributed by atoms with Crippen LogP contribution in [-0.4, -0.2) is 46.3 Å². The number of alkyl halides is 3. The molecule has 1 unspecified atom stereocenters. The van der Waals surface area contributed by atoms with Gasteiger partial charge in [-0.05, 0) is 67.1 Å². The number of esters is 1. The number of piperidine rings is 1. The van der Waals surface area contributed by atoms with Gasteiger partial charge in [-0.15, -0.1) is 0 Å². The van der Waals surface area contributed by atoms with Gasteiger partial charge in [0.15, 0.2) is 5.69 Å². The van der Waals surface area contributed by atoms with E-state index in [4.69, 9.17) is 4.74 Å². The van der Waals surface area contributed by atoms with E-state index < -0.39 is 17.7 Å². The lowest BCUT2D eigenvalue weighted by molar-refractivity contribution is -0.138. The van der Waals surface area contributed by atoms with Crippen LogP contribution in [0.15, 0.2) is 18.2 Å². The minimum absolute atomic E-state index is 0.0125. The Balaban J connectivity index is 1.15. The van der Waals surface area contributed by atoms with Crippen molar-refractivity contribution >= 4 is 11.9 Å². The Morgan fingerprint density at radius 3 is 2.51 bits per heavy atom. The van der Waals surface area contributed by atoms with Gasteiger partial charge in [0.1, 0.15) is 6.54 Å². The molecule has 5 aliphatic rings.